The summed E-state index contributed by atoms with van der Waals surface area (Å²) in [6.07, 6.45) is 0.210. The highest BCUT2D eigenvalue weighted by atomic mass is 35.6. The van der Waals surface area contributed by atoms with Crippen LogP contribution in [0.5, 0.6) is 0 Å². The molecule has 0 unspecified atom stereocenters. The largest absolute Gasteiger partial charge is 0.478 e. The quantitative estimate of drug-likeness (QED) is 0.604. The van der Waals surface area contributed by atoms with Crippen molar-refractivity contribution in [2.24, 2.45) is 0 Å². The number of alkyl halides is 3. The van der Waals surface area contributed by atoms with Crippen LogP contribution in [0.2, 0.25) is 0 Å². The summed E-state index contributed by atoms with van der Waals surface area (Å²) >= 11 is 21.7. The molecule has 6 heteroatoms. The smallest absolute Gasteiger partial charge is 0.332 e. The Labute approximate surface area is 90.0 Å². The van der Waals surface area contributed by atoms with Crippen LogP contribution >= 0.6 is 46.4 Å². The SMILES string of the molecule is CC/C(C(=O)O)=C(/Cl)C(Cl)(Cl)Cl. The first-order chi connectivity index (χ1) is 5.30. The number of carboxylic acid groups (broad SMARTS) is 1. The van der Waals surface area contributed by atoms with Crippen molar-refractivity contribution in [1.82, 2.24) is 0 Å². The van der Waals surface area contributed by atoms with Gasteiger partial charge >= 0.3 is 5.97 Å². The Morgan fingerprint density at radius 3 is 1.92 bits per heavy atom. The van der Waals surface area contributed by atoms with Gasteiger partial charge in [0.25, 0.3) is 0 Å². The Balaban J connectivity index is 4.99. The second-order valence-electron chi connectivity index (χ2n) is 1.95. The predicted molar refractivity (Wildman–Crippen MR) is 51.1 cm³/mol. The van der Waals surface area contributed by atoms with Crippen molar-refractivity contribution in [3.63, 3.8) is 0 Å². The number of rotatable bonds is 2. The fraction of sp³-hybridized carbons (Fsp3) is 0.500. The second kappa shape index (κ2) is 4.56. The van der Waals surface area contributed by atoms with Crippen molar-refractivity contribution >= 4 is 52.4 Å². The molecule has 0 fully saturated rings. The lowest BCUT2D eigenvalue weighted by Crippen LogP contribution is -2.10. The molecule has 1 N–H and O–H groups in total. The minimum Gasteiger partial charge on any atom is -0.478 e. The first kappa shape index (κ1) is 12.4. The summed E-state index contributed by atoms with van der Waals surface area (Å²) < 4.78 is -1.86. The fourth-order valence-electron chi connectivity index (χ4n) is 0.571. The zero-order chi connectivity index (χ0) is 9.94. The van der Waals surface area contributed by atoms with Gasteiger partial charge in [-0.25, -0.2) is 4.79 Å². The zero-order valence-corrected chi connectivity index (χ0v) is 9.10. The van der Waals surface area contributed by atoms with Gasteiger partial charge in [0.15, 0.2) is 0 Å². The topological polar surface area (TPSA) is 37.3 Å². The monoisotopic (exact) mass is 250 g/mol. The Hall–Kier alpha value is 0.370. The van der Waals surface area contributed by atoms with E-state index in [9.17, 15) is 4.79 Å². The molecule has 0 saturated carbocycles. The lowest BCUT2D eigenvalue weighted by atomic mass is 10.2. The van der Waals surface area contributed by atoms with Crippen LogP contribution in [0, 0.1) is 0 Å². The molecule has 0 aliphatic rings. The molecule has 0 amide bonds. The summed E-state index contributed by atoms with van der Waals surface area (Å²) in [7, 11) is 0. The third kappa shape index (κ3) is 3.40. The lowest BCUT2D eigenvalue weighted by molar-refractivity contribution is -0.132. The van der Waals surface area contributed by atoms with E-state index in [-0.39, 0.29) is 17.0 Å². The molecular weight excluding hydrogens is 246 g/mol. The number of carboxylic acids is 1. The molecule has 0 aromatic carbocycles. The van der Waals surface area contributed by atoms with Gasteiger partial charge in [0.2, 0.25) is 3.79 Å². The maximum absolute atomic E-state index is 10.5. The van der Waals surface area contributed by atoms with Crippen molar-refractivity contribution in [3.05, 3.63) is 10.6 Å². The summed E-state index contributed by atoms with van der Waals surface area (Å²) in [5.74, 6) is -1.17. The molecule has 0 aromatic heterocycles. The van der Waals surface area contributed by atoms with E-state index in [0.29, 0.717) is 0 Å². The molecule has 0 bridgehead atoms. The average molecular weight is 252 g/mol. The molecule has 70 valence electrons. The normalized spacial score (nSPS) is 14.1. The van der Waals surface area contributed by atoms with E-state index < -0.39 is 9.76 Å². The van der Waals surface area contributed by atoms with Gasteiger partial charge in [-0.2, -0.15) is 0 Å². The van der Waals surface area contributed by atoms with Crippen molar-refractivity contribution in [1.29, 1.82) is 0 Å². The molecule has 0 saturated heterocycles. The van der Waals surface area contributed by atoms with Crippen LogP contribution < -0.4 is 0 Å². The maximum Gasteiger partial charge on any atom is 0.332 e. The van der Waals surface area contributed by atoms with Crippen LogP contribution in [0.4, 0.5) is 0 Å². The number of aliphatic carboxylic acids is 1. The molecule has 0 aliphatic carbocycles. The summed E-state index contributed by atoms with van der Waals surface area (Å²) in [6, 6.07) is 0. The summed E-state index contributed by atoms with van der Waals surface area (Å²) in [5.41, 5.74) is -0.0864. The van der Waals surface area contributed by atoms with Crippen LogP contribution in [0.1, 0.15) is 13.3 Å². The van der Waals surface area contributed by atoms with Crippen molar-refractivity contribution in [2.45, 2.75) is 17.1 Å². The predicted octanol–water partition coefficient (Wildman–Crippen LogP) is 3.34. The van der Waals surface area contributed by atoms with Crippen LogP contribution in [-0.2, 0) is 4.79 Å². The molecule has 0 heterocycles. The van der Waals surface area contributed by atoms with Crippen LogP contribution in [0.15, 0.2) is 10.6 Å². The number of hydrogen-bond donors (Lipinski definition) is 1. The van der Waals surface area contributed by atoms with Gasteiger partial charge in [0, 0.05) is 0 Å². The van der Waals surface area contributed by atoms with E-state index in [2.05, 4.69) is 0 Å². The zero-order valence-electron chi connectivity index (χ0n) is 6.07. The molecule has 0 spiro atoms. The molecule has 0 rings (SSSR count). The van der Waals surface area contributed by atoms with Gasteiger partial charge in [-0.05, 0) is 6.42 Å². The number of carbonyl (C=O) groups is 1. The Morgan fingerprint density at radius 1 is 1.42 bits per heavy atom. The first-order valence-electron chi connectivity index (χ1n) is 2.99. The van der Waals surface area contributed by atoms with E-state index in [0.717, 1.165) is 0 Å². The third-order valence-electron chi connectivity index (χ3n) is 1.13. The fourth-order valence-corrected chi connectivity index (χ4v) is 1.13. The van der Waals surface area contributed by atoms with E-state index in [1.165, 1.54) is 0 Å². The van der Waals surface area contributed by atoms with E-state index in [1.807, 2.05) is 0 Å². The molecule has 0 radical (unpaired) electrons. The van der Waals surface area contributed by atoms with Gasteiger partial charge in [0.1, 0.15) is 0 Å². The Morgan fingerprint density at radius 2 is 1.83 bits per heavy atom. The highest BCUT2D eigenvalue weighted by Crippen LogP contribution is 2.39. The van der Waals surface area contributed by atoms with E-state index >= 15 is 0 Å². The van der Waals surface area contributed by atoms with Gasteiger partial charge in [-0.15, -0.1) is 0 Å². The minimum absolute atomic E-state index is 0.0864. The van der Waals surface area contributed by atoms with Crippen LogP contribution in [0.3, 0.4) is 0 Å². The van der Waals surface area contributed by atoms with Gasteiger partial charge in [-0.1, -0.05) is 53.3 Å². The Bertz CT molecular complexity index is 216. The minimum atomic E-state index is -1.86. The molecule has 0 aromatic rings. The van der Waals surface area contributed by atoms with Crippen molar-refractivity contribution in [2.75, 3.05) is 0 Å². The molecule has 0 aliphatic heterocycles. The molecule has 12 heavy (non-hydrogen) atoms. The van der Waals surface area contributed by atoms with Crippen molar-refractivity contribution in [3.8, 4) is 0 Å². The molecular formula is C6H6Cl4O2. The average Bonchev–Trinajstić information content (AvgIpc) is 1.86. The number of halogens is 4. The lowest BCUT2D eigenvalue weighted by Gasteiger charge is -2.11. The van der Waals surface area contributed by atoms with Crippen LogP contribution in [-0.4, -0.2) is 14.9 Å². The highest BCUT2D eigenvalue weighted by Gasteiger charge is 2.29. The standard InChI is InChI=1S/C6H6Cl4O2/c1-2-3(5(11)12)4(7)6(8,9)10/h2H2,1H3,(H,11,12)/b4-3-. The second-order valence-corrected chi connectivity index (χ2v) is 4.61. The summed E-state index contributed by atoms with van der Waals surface area (Å²) in [5, 5.41) is 8.33. The Kier molecular flexibility index (Phi) is 4.70. The van der Waals surface area contributed by atoms with Gasteiger partial charge in [0.05, 0.1) is 10.6 Å². The maximum atomic E-state index is 10.5. The first-order valence-corrected chi connectivity index (χ1v) is 4.51. The van der Waals surface area contributed by atoms with Gasteiger partial charge in [-0.3, -0.25) is 0 Å². The summed E-state index contributed by atoms with van der Waals surface area (Å²) in [6.45, 7) is 1.61. The number of hydrogen-bond acceptors (Lipinski definition) is 1. The molecule has 2 nitrogen and oxygen atoms in total. The summed E-state index contributed by atoms with van der Waals surface area (Å²) in [4.78, 5) is 10.5. The highest BCUT2D eigenvalue weighted by molar-refractivity contribution is 6.73. The van der Waals surface area contributed by atoms with Gasteiger partial charge < -0.3 is 5.11 Å². The third-order valence-corrected chi connectivity index (χ3v) is 2.49. The molecule has 0 atom stereocenters. The van der Waals surface area contributed by atoms with E-state index in [1.54, 1.807) is 6.92 Å². The van der Waals surface area contributed by atoms with Crippen LogP contribution in [0.25, 0.3) is 0 Å². The number of allylic oxidation sites excluding steroid dienone is 1. The van der Waals surface area contributed by atoms with Crippen molar-refractivity contribution < 1.29 is 9.90 Å². The van der Waals surface area contributed by atoms with E-state index in [4.69, 9.17) is 51.5 Å².